The third-order valence-corrected chi connectivity index (χ3v) is 3.80. The normalized spacial score (nSPS) is 18.1. The molecule has 1 aliphatic rings. The lowest BCUT2D eigenvalue weighted by molar-refractivity contribution is -0.114. The molecule has 0 spiro atoms. The molecule has 2 aromatic rings. The van der Waals surface area contributed by atoms with E-state index in [1.54, 1.807) is 0 Å². The maximum absolute atomic E-state index is 12.2. The minimum absolute atomic E-state index is 0.177. The van der Waals surface area contributed by atoms with Gasteiger partial charge in [-0.15, -0.1) is 0 Å². The van der Waals surface area contributed by atoms with Crippen LogP contribution in [0.15, 0.2) is 59.7 Å². The van der Waals surface area contributed by atoms with Crippen molar-refractivity contribution in [2.45, 2.75) is 20.3 Å². The molecular formula is C20H18O. The summed E-state index contributed by atoms with van der Waals surface area (Å²) in [6.07, 6.45) is 4.75. The van der Waals surface area contributed by atoms with E-state index in [2.05, 4.69) is 62.4 Å². The Labute approximate surface area is 125 Å². The molecule has 0 radical (unpaired) electrons. The van der Waals surface area contributed by atoms with Gasteiger partial charge in [0.15, 0.2) is 5.78 Å². The zero-order valence-corrected chi connectivity index (χ0v) is 12.4. The van der Waals surface area contributed by atoms with Crippen molar-refractivity contribution in [2.24, 2.45) is 0 Å². The van der Waals surface area contributed by atoms with Crippen LogP contribution in [-0.4, -0.2) is 5.78 Å². The van der Waals surface area contributed by atoms with Crippen LogP contribution in [0.4, 0.5) is 0 Å². The van der Waals surface area contributed by atoms with Gasteiger partial charge in [-0.25, -0.2) is 0 Å². The fourth-order valence-electron chi connectivity index (χ4n) is 2.43. The summed E-state index contributed by atoms with van der Waals surface area (Å²) in [6.45, 7) is 4.13. The second-order valence-corrected chi connectivity index (χ2v) is 5.67. The molecule has 0 saturated heterocycles. The quantitative estimate of drug-likeness (QED) is 0.723. The average molecular weight is 274 g/mol. The van der Waals surface area contributed by atoms with Crippen LogP contribution in [0.2, 0.25) is 0 Å². The van der Waals surface area contributed by atoms with E-state index in [1.165, 1.54) is 11.1 Å². The predicted molar refractivity (Wildman–Crippen MR) is 87.9 cm³/mol. The van der Waals surface area contributed by atoms with E-state index in [4.69, 9.17) is 0 Å². The average Bonchev–Trinajstić information content (AvgIpc) is 2.49. The van der Waals surface area contributed by atoms with Gasteiger partial charge >= 0.3 is 0 Å². The second-order valence-electron chi connectivity index (χ2n) is 5.67. The first-order valence-electron chi connectivity index (χ1n) is 7.21. The minimum Gasteiger partial charge on any atom is -0.289 e. The summed E-state index contributed by atoms with van der Waals surface area (Å²) in [5.41, 5.74) is 6.46. The molecule has 1 fully saturated rings. The molecule has 0 N–H and O–H groups in total. The summed E-state index contributed by atoms with van der Waals surface area (Å²) in [5, 5.41) is 0. The predicted octanol–water partition coefficient (Wildman–Crippen LogP) is 4.74. The number of hydrogen-bond donors (Lipinski definition) is 0. The molecule has 0 amide bonds. The molecule has 0 aromatic heterocycles. The van der Waals surface area contributed by atoms with Crippen molar-refractivity contribution >= 4 is 17.9 Å². The third kappa shape index (κ3) is 3.03. The zero-order chi connectivity index (χ0) is 14.8. The van der Waals surface area contributed by atoms with Gasteiger partial charge in [0.05, 0.1) is 0 Å². The molecule has 2 aromatic carbocycles. The first-order valence-corrected chi connectivity index (χ1v) is 7.21. The molecule has 104 valence electrons. The van der Waals surface area contributed by atoms with Crippen molar-refractivity contribution in [1.29, 1.82) is 0 Å². The first kappa shape index (κ1) is 13.6. The maximum atomic E-state index is 12.2. The number of carbonyl (C=O) groups is 1. The maximum Gasteiger partial charge on any atom is 0.185 e. The fourth-order valence-corrected chi connectivity index (χ4v) is 2.43. The standard InChI is InChI=1S/C20H18O/c1-14-3-7-16(8-4-14)11-18-13-19(20(18)21)12-17-9-5-15(2)6-10-17/h3-12H,13H2,1-2H3/b18-11+,19-12+. The molecule has 1 aliphatic carbocycles. The van der Waals surface area contributed by atoms with Crippen LogP contribution in [0.3, 0.4) is 0 Å². The summed E-state index contributed by atoms with van der Waals surface area (Å²) < 4.78 is 0. The van der Waals surface area contributed by atoms with Gasteiger partial charge in [-0.05, 0) is 37.1 Å². The van der Waals surface area contributed by atoms with Gasteiger partial charge in [-0.2, -0.15) is 0 Å². The topological polar surface area (TPSA) is 17.1 Å². The van der Waals surface area contributed by atoms with Crippen LogP contribution in [0, 0.1) is 13.8 Å². The van der Waals surface area contributed by atoms with Crippen LogP contribution >= 0.6 is 0 Å². The Balaban J connectivity index is 1.75. The number of aryl methyl sites for hydroxylation is 2. The smallest absolute Gasteiger partial charge is 0.185 e. The van der Waals surface area contributed by atoms with Gasteiger partial charge < -0.3 is 0 Å². The second kappa shape index (κ2) is 5.53. The van der Waals surface area contributed by atoms with Crippen molar-refractivity contribution in [3.63, 3.8) is 0 Å². The van der Waals surface area contributed by atoms with Crippen molar-refractivity contribution < 1.29 is 4.79 Å². The summed E-state index contributed by atoms with van der Waals surface area (Å²) in [7, 11) is 0. The van der Waals surface area contributed by atoms with Crippen LogP contribution in [0.1, 0.15) is 28.7 Å². The van der Waals surface area contributed by atoms with Crippen LogP contribution in [-0.2, 0) is 4.79 Å². The molecule has 0 heterocycles. The Hall–Kier alpha value is -2.41. The molecule has 0 aliphatic heterocycles. The Morgan fingerprint density at radius 3 is 1.43 bits per heavy atom. The van der Waals surface area contributed by atoms with E-state index < -0.39 is 0 Å². The van der Waals surface area contributed by atoms with E-state index in [9.17, 15) is 4.79 Å². The Morgan fingerprint density at radius 1 is 0.714 bits per heavy atom. The molecular weight excluding hydrogens is 256 g/mol. The molecule has 1 heteroatoms. The van der Waals surface area contributed by atoms with Crippen molar-refractivity contribution in [3.05, 3.63) is 81.9 Å². The molecule has 0 bridgehead atoms. The van der Waals surface area contributed by atoms with E-state index in [0.717, 1.165) is 28.7 Å². The molecule has 0 atom stereocenters. The monoisotopic (exact) mass is 274 g/mol. The minimum atomic E-state index is 0.177. The molecule has 1 nitrogen and oxygen atoms in total. The molecule has 0 unspecified atom stereocenters. The van der Waals surface area contributed by atoms with Crippen LogP contribution in [0.5, 0.6) is 0 Å². The Morgan fingerprint density at radius 2 is 1.10 bits per heavy atom. The van der Waals surface area contributed by atoms with Gasteiger partial charge in [0.25, 0.3) is 0 Å². The molecule has 3 rings (SSSR count). The van der Waals surface area contributed by atoms with E-state index in [0.29, 0.717) is 0 Å². The van der Waals surface area contributed by atoms with Gasteiger partial charge in [-0.1, -0.05) is 59.7 Å². The lowest BCUT2D eigenvalue weighted by Crippen LogP contribution is -2.18. The Bertz CT molecular complexity index is 665. The lowest BCUT2D eigenvalue weighted by atomic mass is 9.82. The highest BCUT2D eigenvalue weighted by Gasteiger charge is 2.26. The highest BCUT2D eigenvalue weighted by atomic mass is 16.1. The van der Waals surface area contributed by atoms with Gasteiger partial charge in [0.1, 0.15) is 0 Å². The Kier molecular flexibility index (Phi) is 3.57. The van der Waals surface area contributed by atoms with Crippen LogP contribution in [0.25, 0.3) is 12.2 Å². The zero-order valence-electron chi connectivity index (χ0n) is 12.4. The van der Waals surface area contributed by atoms with Crippen LogP contribution < -0.4 is 0 Å². The van der Waals surface area contributed by atoms with Crippen molar-refractivity contribution in [3.8, 4) is 0 Å². The van der Waals surface area contributed by atoms with Gasteiger partial charge in [0, 0.05) is 17.6 Å². The number of Topliss-reactive ketones (excluding diaryl/α,β-unsaturated/α-hetero) is 1. The number of benzene rings is 2. The highest BCUT2D eigenvalue weighted by molar-refractivity contribution is 6.20. The van der Waals surface area contributed by atoms with Gasteiger partial charge in [-0.3, -0.25) is 4.79 Å². The molecule has 21 heavy (non-hydrogen) atoms. The van der Waals surface area contributed by atoms with E-state index in [1.807, 2.05) is 12.2 Å². The largest absolute Gasteiger partial charge is 0.289 e. The van der Waals surface area contributed by atoms with Gasteiger partial charge in [0.2, 0.25) is 0 Å². The van der Waals surface area contributed by atoms with Crippen molar-refractivity contribution in [2.75, 3.05) is 0 Å². The summed E-state index contributed by atoms with van der Waals surface area (Å²) >= 11 is 0. The SMILES string of the molecule is Cc1ccc(/C=C2\C/C(=C\c3ccc(C)cc3)C2=O)cc1. The number of ketones is 1. The number of allylic oxidation sites excluding steroid dienone is 2. The third-order valence-electron chi connectivity index (χ3n) is 3.80. The number of hydrogen-bond acceptors (Lipinski definition) is 1. The van der Waals surface area contributed by atoms with E-state index >= 15 is 0 Å². The lowest BCUT2D eigenvalue weighted by Gasteiger charge is -2.20. The van der Waals surface area contributed by atoms with E-state index in [-0.39, 0.29) is 5.78 Å². The summed E-state index contributed by atoms with van der Waals surface area (Å²) in [6, 6.07) is 16.5. The van der Waals surface area contributed by atoms with Crippen molar-refractivity contribution in [1.82, 2.24) is 0 Å². The first-order chi connectivity index (χ1) is 10.1. The summed E-state index contributed by atoms with van der Waals surface area (Å²) in [4.78, 5) is 12.2. The fraction of sp³-hybridized carbons (Fsp3) is 0.150. The molecule has 1 saturated carbocycles. The number of rotatable bonds is 2. The summed E-state index contributed by atoms with van der Waals surface area (Å²) in [5.74, 6) is 0.177. The number of carbonyl (C=O) groups excluding carboxylic acids is 1. The highest BCUT2D eigenvalue weighted by Crippen LogP contribution is 2.31.